The lowest BCUT2D eigenvalue weighted by Crippen LogP contribution is -2.47. The van der Waals surface area contributed by atoms with Crippen LogP contribution in [0.25, 0.3) is 0 Å². The second-order valence-corrected chi connectivity index (χ2v) is 25.0. The van der Waals surface area contributed by atoms with Gasteiger partial charge in [0.25, 0.3) is 7.82 Å². The van der Waals surface area contributed by atoms with Crippen LogP contribution < -0.4 is 10.2 Å². The molecule has 3 atom stereocenters. The number of carbonyl (C=O) groups excluding carboxylic acids is 2. The summed E-state index contributed by atoms with van der Waals surface area (Å²) in [5.74, 6) is -0.643. The maximum atomic E-state index is 13.6. The highest BCUT2D eigenvalue weighted by Gasteiger charge is 2.27. The predicted octanol–water partition coefficient (Wildman–Crippen LogP) is 20.8. The summed E-state index contributed by atoms with van der Waals surface area (Å²) in [7, 11) is 1.13. The highest BCUT2D eigenvalue weighted by molar-refractivity contribution is 7.45. The molecule has 0 aliphatic heterocycles. The Bertz CT molecular complexity index is 1830. The number of hydrogen-bond donors (Lipinski definition) is 1. The molecular weight excluding hydrogens is 1050 g/mol. The van der Waals surface area contributed by atoms with Crippen molar-refractivity contribution in [1.82, 2.24) is 5.32 Å². The minimum absolute atomic E-state index is 0.0393. The number of rotatable bonds is 60. The van der Waals surface area contributed by atoms with Crippen molar-refractivity contribution >= 4 is 19.7 Å². The van der Waals surface area contributed by atoms with Gasteiger partial charge in [0.1, 0.15) is 19.3 Å². The first kappa shape index (κ1) is 79.4. The fraction of sp³-hybridized carbons (Fsp3) is 0.699. The van der Waals surface area contributed by atoms with E-state index in [1.54, 1.807) is 0 Å². The molecule has 0 aromatic rings. The van der Waals surface area contributed by atoms with Gasteiger partial charge < -0.3 is 28.5 Å². The van der Waals surface area contributed by atoms with Crippen molar-refractivity contribution in [3.63, 3.8) is 0 Å². The number of unbranched alkanes of at least 4 members (excludes halogenated alkanes) is 26. The molecule has 0 aromatic heterocycles. The van der Waals surface area contributed by atoms with Crippen LogP contribution in [-0.2, 0) is 27.9 Å². The molecule has 0 aliphatic carbocycles. The molecule has 1 amide bonds. The SMILES string of the molecule is CC/C=C\C/C=C\C/C=C\C/C=C\C/C=C\C/C=C\CCC(=O)OC(/C=C\CCCCCCCCCCCCC)C(COP(=O)([O-])OCC[N+](C)(C)C)NC(=O)CCCCCCCCCCCCCC/C=C\C/C=C\C/C=C\CCCCC. The zero-order valence-corrected chi connectivity index (χ0v) is 55.3. The summed E-state index contributed by atoms with van der Waals surface area (Å²) >= 11 is 0. The molecule has 0 spiro atoms. The number of esters is 1. The molecular formula is C73H127N2O7P. The fourth-order valence-electron chi connectivity index (χ4n) is 9.20. The quantitative estimate of drug-likeness (QED) is 0.0212. The van der Waals surface area contributed by atoms with E-state index < -0.39 is 32.5 Å². The Labute approximate surface area is 512 Å². The van der Waals surface area contributed by atoms with Gasteiger partial charge in [0.15, 0.2) is 0 Å². The van der Waals surface area contributed by atoms with Crippen LogP contribution in [0.3, 0.4) is 0 Å². The van der Waals surface area contributed by atoms with Crippen LogP contribution in [0.1, 0.15) is 278 Å². The second kappa shape index (κ2) is 61.5. The van der Waals surface area contributed by atoms with Crippen molar-refractivity contribution in [2.75, 3.05) is 40.9 Å². The summed E-state index contributed by atoms with van der Waals surface area (Å²) in [4.78, 5) is 40.1. The molecule has 0 saturated carbocycles. The summed E-state index contributed by atoms with van der Waals surface area (Å²) in [5, 5.41) is 3.02. The van der Waals surface area contributed by atoms with Crippen LogP contribution >= 0.6 is 7.82 Å². The lowest BCUT2D eigenvalue weighted by Gasteiger charge is -2.30. The third-order valence-electron chi connectivity index (χ3n) is 14.4. The highest BCUT2D eigenvalue weighted by atomic mass is 31.2. The van der Waals surface area contributed by atoms with E-state index in [-0.39, 0.29) is 18.9 Å². The van der Waals surface area contributed by atoms with Gasteiger partial charge in [-0.15, -0.1) is 0 Å². The predicted molar refractivity (Wildman–Crippen MR) is 357 cm³/mol. The third kappa shape index (κ3) is 62.8. The number of amides is 1. The molecule has 9 nitrogen and oxygen atoms in total. The molecule has 0 heterocycles. The fourth-order valence-corrected chi connectivity index (χ4v) is 9.93. The van der Waals surface area contributed by atoms with Crippen molar-refractivity contribution in [1.29, 1.82) is 0 Å². The Morgan fingerprint density at radius 1 is 0.434 bits per heavy atom. The highest BCUT2D eigenvalue weighted by Crippen LogP contribution is 2.38. The van der Waals surface area contributed by atoms with Gasteiger partial charge in [0, 0.05) is 12.8 Å². The van der Waals surface area contributed by atoms with Crippen molar-refractivity contribution in [3.8, 4) is 0 Å². The topological polar surface area (TPSA) is 114 Å². The van der Waals surface area contributed by atoms with E-state index in [1.807, 2.05) is 45.4 Å². The Hall–Kier alpha value is -3.59. The number of ether oxygens (including phenoxy) is 1. The van der Waals surface area contributed by atoms with Crippen molar-refractivity contribution < 1.29 is 37.3 Å². The van der Waals surface area contributed by atoms with Crippen molar-refractivity contribution in [2.24, 2.45) is 0 Å². The van der Waals surface area contributed by atoms with E-state index in [0.717, 1.165) is 96.3 Å². The molecule has 10 heteroatoms. The van der Waals surface area contributed by atoms with Crippen molar-refractivity contribution in [3.05, 3.63) is 122 Å². The molecule has 0 radical (unpaired) electrons. The summed E-state index contributed by atoms with van der Waals surface area (Å²) in [6, 6.07) is -0.929. The van der Waals surface area contributed by atoms with E-state index in [0.29, 0.717) is 23.9 Å². The van der Waals surface area contributed by atoms with Crippen LogP contribution in [0.15, 0.2) is 122 Å². The summed E-state index contributed by atoms with van der Waals surface area (Å²) in [5.41, 5.74) is 0. The molecule has 0 fully saturated rings. The Morgan fingerprint density at radius 3 is 1.20 bits per heavy atom. The third-order valence-corrected chi connectivity index (χ3v) is 15.4. The zero-order chi connectivity index (χ0) is 60.7. The average Bonchev–Trinajstić information content (AvgIpc) is 3.46. The minimum atomic E-state index is -4.73. The molecule has 83 heavy (non-hydrogen) atoms. The van der Waals surface area contributed by atoms with E-state index in [2.05, 4.69) is 123 Å². The number of allylic oxidation sites excluding steroid dienone is 19. The maximum absolute atomic E-state index is 13.6. The Kier molecular flexibility index (Phi) is 58.8. The number of carbonyl (C=O) groups is 2. The lowest BCUT2D eigenvalue weighted by molar-refractivity contribution is -0.870. The number of phosphoric acid groups is 1. The Balaban J connectivity index is 5.25. The first-order valence-corrected chi connectivity index (χ1v) is 35.3. The number of quaternary nitrogens is 1. The van der Waals surface area contributed by atoms with E-state index in [9.17, 15) is 19.0 Å². The molecule has 0 saturated heterocycles. The van der Waals surface area contributed by atoms with Crippen LogP contribution in [-0.4, -0.2) is 69.4 Å². The van der Waals surface area contributed by atoms with E-state index in [4.69, 9.17) is 13.8 Å². The number of hydrogen-bond acceptors (Lipinski definition) is 7. The zero-order valence-electron chi connectivity index (χ0n) is 54.4. The second-order valence-electron chi connectivity index (χ2n) is 23.6. The van der Waals surface area contributed by atoms with Crippen LogP contribution in [0.5, 0.6) is 0 Å². The smallest absolute Gasteiger partial charge is 0.306 e. The van der Waals surface area contributed by atoms with Gasteiger partial charge in [-0.25, -0.2) is 0 Å². The van der Waals surface area contributed by atoms with Gasteiger partial charge in [-0.1, -0.05) is 277 Å². The molecule has 3 unspecified atom stereocenters. The van der Waals surface area contributed by atoms with Crippen LogP contribution in [0.4, 0.5) is 0 Å². The number of likely N-dealkylation sites (N-methyl/N-ethyl adjacent to an activating group) is 1. The van der Waals surface area contributed by atoms with Crippen molar-refractivity contribution in [2.45, 2.75) is 290 Å². The Morgan fingerprint density at radius 2 is 0.783 bits per heavy atom. The van der Waals surface area contributed by atoms with E-state index >= 15 is 0 Å². The van der Waals surface area contributed by atoms with E-state index in [1.165, 1.54) is 141 Å². The van der Waals surface area contributed by atoms with Gasteiger partial charge in [-0.3, -0.25) is 14.2 Å². The number of nitrogens with zero attached hydrogens (tertiary/aromatic N) is 1. The first-order valence-electron chi connectivity index (χ1n) is 33.8. The molecule has 0 aliphatic rings. The monoisotopic (exact) mass is 1170 g/mol. The average molecular weight is 1180 g/mol. The number of nitrogens with one attached hydrogen (secondary N) is 1. The lowest BCUT2D eigenvalue weighted by atomic mass is 10.0. The summed E-state index contributed by atoms with van der Waals surface area (Å²) in [6.45, 7) is 6.66. The molecule has 0 bridgehead atoms. The largest absolute Gasteiger partial charge is 0.756 e. The molecule has 0 aromatic carbocycles. The van der Waals surface area contributed by atoms with Gasteiger partial charge >= 0.3 is 5.97 Å². The molecule has 0 rings (SSSR count). The standard InChI is InChI=1S/C73H127N2O7P/c1-7-10-13-16-19-22-25-28-30-32-34-35-36-37-38-39-41-42-44-47-50-53-56-59-62-65-72(76)74-70(69-81-83(78,79)80-68-67-75(4,5)6)71(64-61-58-55-52-49-46-27-24-21-18-15-12-9-3)82-73(77)66-63-60-57-54-51-48-45-43-40-33-31-29-26-23-20-17-14-11-8-2/h11,14,19-20,22-23,28-31,34-35,40,43,48,51,57,60-61,64,70-71H,7-10,12-13,15-18,21,24-27,32-33,36-39,41-42,44-47,49-50,52-56,58-59,62-63,65-69H2,1-6H3,(H-,74,76,78,79)/b14-11-,22-19-,23-20-,30-28-,31-29-,35-34-,43-40-,51-48-,60-57-,64-61-. The van der Waals surface area contributed by atoms with Gasteiger partial charge in [-0.05, 0) is 109 Å². The normalized spacial score (nSPS) is 14.3. The maximum Gasteiger partial charge on any atom is 0.306 e. The first-order chi connectivity index (χ1) is 40.4. The van der Waals surface area contributed by atoms with Crippen LogP contribution in [0.2, 0.25) is 0 Å². The molecule has 1 N–H and O–H groups in total. The number of phosphoric ester groups is 1. The van der Waals surface area contributed by atoms with Gasteiger partial charge in [-0.2, -0.15) is 0 Å². The van der Waals surface area contributed by atoms with Crippen LogP contribution in [0, 0.1) is 0 Å². The summed E-state index contributed by atoms with van der Waals surface area (Å²) < 4.78 is 30.3. The molecule has 476 valence electrons. The van der Waals surface area contributed by atoms with Gasteiger partial charge in [0.2, 0.25) is 5.91 Å². The van der Waals surface area contributed by atoms with Gasteiger partial charge in [0.05, 0.1) is 33.8 Å². The minimum Gasteiger partial charge on any atom is -0.756 e. The summed E-state index contributed by atoms with van der Waals surface area (Å²) in [6.07, 6.45) is 86.1.